The van der Waals surface area contributed by atoms with Crippen molar-refractivity contribution in [3.63, 3.8) is 0 Å². The second-order valence-electron chi connectivity index (χ2n) is 8.67. The molecule has 2 amide bonds. The van der Waals surface area contributed by atoms with Gasteiger partial charge in [-0.1, -0.05) is 12.1 Å². The van der Waals surface area contributed by atoms with Crippen molar-refractivity contribution in [1.29, 1.82) is 0 Å². The zero-order valence-electron chi connectivity index (χ0n) is 19.6. The fourth-order valence-corrected chi connectivity index (χ4v) is 4.25. The van der Waals surface area contributed by atoms with Crippen LogP contribution in [0.25, 0.3) is 0 Å². The summed E-state index contributed by atoms with van der Waals surface area (Å²) in [6, 6.07) is 9.69. The van der Waals surface area contributed by atoms with Crippen molar-refractivity contribution >= 4 is 17.7 Å². The lowest BCUT2D eigenvalue weighted by Crippen LogP contribution is -2.48. The third-order valence-corrected chi connectivity index (χ3v) is 5.94. The number of hydrogen-bond acceptors (Lipinski definition) is 5. The Morgan fingerprint density at radius 1 is 1.09 bits per heavy atom. The van der Waals surface area contributed by atoms with Gasteiger partial charge in [-0.2, -0.15) is 13.2 Å². The first-order valence-corrected chi connectivity index (χ1v) is 11.4. The van der Waals surface area contributed by atoms with Gasteiger partial charge in [0, 0.05) is 55.1 Å². The molecular weight excluding hydrogens is 457 g/mol. The number of pyridine rings is 1. The first-order valence-electron chi connectivity index (χ1n) is 11.4. The predicted molar refractivity (Wildman–Crippen MR) is 127 cm³/mol. The smallest absolute Gasteiger partial charge is 0.341 e. The van der Waals surface area contributed by atoms with Crippen LogP contribution < -0.4 is 10.2 Å². The van der Waals surface area contributed by atoms with Gasteiger partial charge in [0.2, 0.25) is 5.95 Å². The summed E-state index contributed by atoms with van der Waals surface area (Å²) < 4.78 is 39.4. The van der Waals surface area contributed by atoms with Crippen molar-refractivity contribution in [3.8, 4) is 0 Å². The molecule has 10 heteroatoms. The molecule has 0 radical (unpaired) electrons. The molecular formula is C25H27F3N6O. The van der Waals surface area contributed by atoms with E-state index in [2.05, 4.69) is 25.2 Å². The Kier molecular flexibility index (Phi) is 7.18. The summed E-state index contributed by atoms with van der Waals surface area (Å²) in [7, 11) is 0. The van der Waals surface area contributed by atoms with Gasteiger partial charge in [0.1, 0.15) is 0 Å². The largest absolute Gasteiger partial charge is 0.416 e. The SMILES string of the molecule is Cc1cc(C)nc(N2CCC(N(Cc3cccnc3)C(=O)Nc3cccc(C(F)(F)F)c3)CC2)n1. The summed E-state index contributed by atoms with van der Waals surface area (Å²) in [6.45, 7) is 5.47. The topological polar surface area (TPSA) is 74.2 Å². The van der Waals surface area contributed by atoms with E-state index in [-0.39, 0.29) is 11.7 Å². The second-order valence-corrected chi connectivity index (χ2v) is 8.67. The number of carbonyl (C=O) groups excluding carboxylic acids is 1. The van der Waals surface area contributed by atoms with Gasteiger partial charge in [-0.3, -0.25) is 4.98 Å². The average Bonchev–Trinajstić information content (AvgIpc) is 2.82. The number of benzene rings is 1. The van der Waals surface area contributed by atoms with Gasteiger partial charge in [-0.15, -0.1) is 0 Å². The molecule has 1 aromatic carbocycles. The minimum Gasteiger partial charge on any atom is -0.341 e. The van der Waals surface area contributed by atoms with Gasteiger partial charge in [0.15, 0.2) is 0 Å². The van der Waals surface area contributed by atoms with Crippen molar-refractivity contribution < 1.29 is 18.0 Å². The monoisotopic (exact) mass is 484 g/mol. The molecule has 0 unspecified atom stereocenters. The molecule has 1 N–H and O–H groups in total. The maximum absolute atomic E-state index is 13.3. The van der Waals surface area contributed by atoms with E-state index in [1.807, 2.05) is 26.0 Å². The lowest BCUT2D eigenvalue weighted by Gasteiger charge is -2.38. The van der Waals surface area contributed by atoms with E-state index in [0.717, 1.165) is 29.1 Å². The lowest BCUT2D eigenvalue weighted by atomic mass is 10.0. The van der Waals surface area contributed by atoms with Crippen LogP contribution in [0.2, 0.25) is 0 Å². The molecule has 0 bridgehead atoms. The minimum atomic E-state index is -4.49. The number of piperidine rings is 1. The van der Waals surface area contributed by atoms with Crippen molar-refractivity contribution in [3.05, 3.63) is 77.4 Å². The Bertz CT molecular complexity index is 1140. The third-order valence-electron chi connectivity index (χ3n) is 5.94. The number of rotatable bonds is 5. The highest BCUT2D eigenvalue weighted by Gasteiger charge is 2.32. The molecule has 1 aliphatic heterocycles. The molecule has 1 aliphatic rings. The Morgan fingerprint density at radius 2 is 1.80 bits per heavy atom. The van der Waals surface area contributed by atoms with E-state index in [1.165, 1.54) is 12.1 Å². The van der Waals surface area contributed by atoms with Gasteiger partial charge in [0.05, 0.1) is 5.56 Å². The predicted octanol–water partition coefficient (Wildman–Crippen LogP) is 5.21. The molecule has 3 aromatic rings. The quantitative estimate of drug-likeness (QED) is 0.538. The van der Waals surface area contributed by atoms with E-state index < -0.39 is 17.8 Å². The summed E-state index contributed by atoms with van der Waals surface area (Å²) in [4.78, 5) is 30.3. The van der Waals surface area contributed by atoms with E-state index in [0.29, 0.717) is 38.4 Å². The molecule has 184 valence electrons. The van der Waals surface area contributed by atoms with Crippen LogP contribution in [0.15, 0.2) is 54.9 Å². The summed E-state index contributed by atoms with van der Waals surface area (Å²) in [6.07, 6.45) is 0.195. The van der Waals surface area contributed by atoms with E-state index in [1.54, 1.807) is 23.4 Å². The van der Waals surface area contributed by atoms with Gasteiger partial charge >= 0.3 is 12.2 Å². The zero-order valence-corrected chi connectivity index (χ0v) is 19.6. The van der Waals surface area contributed by atoms with E-state index >= 15 is 0 Å². The average molecular weight is 485 g/mol. The van der Waals surface area contributed by atoms with Crippen molar-refractivity contribution in [2.45, 2.75) is 45.5 Å². The molecule has 1 saturated heterocycles. The number of carbonyl (C=O) groups is 1. The summed E-state index contributed by atoms with van der Waals surface area (Å²) in [5.41, 5.74) is 1.92. The summed E-state index contributed by atoms with van der Waals surface area (Å²) >= 11 is 0. The summed E-state index contributed by atoms with van der Waals surface area (Å²) in [5, 5.41) is 2.66. The molecule has 1 fully saturated rings. The molecule has 0 aliphatic carbocycles. The number of amides is 2. The maximum Gasteiger partial charge on any atom is 0.416 e. The van der Waals surface area contributed by atoms with Crippen LogP contribution in [0.1, 0.15) is 35.4 Å². The van der Waals surface area contributed by atoms with E-state index in [4.69, 9.17) is 0 Å². The molecule has 3 heterocycles. The minimum absolute atomic E-state index is 0.0992. The number of nitrogens with one attached hydrogen (secondary N) is 1. The molecule has 0 spiro atoms. The Morgan fingerprint density at radius 3 is 2.43 bits per heavy atom. The molecule has 4 rings (SSSR count). The zero-order chi connectivity index (χ0) is 25.0. The van der Waals surface area contributed by atoms with Gasteiger partial charge in [-0.05, 0) is 62.6 Å². The Balaban J connectivity index is 1.50. The van der Waals surface area contributed by atoms with Crippen LogP contribution in [0.3, 0.4) is 0 Å². The standard InChI is InChI=1S/C25H27F3N6O/c1-17-13-18(2)31-23(30-17)33-11-8-22(9-12-33)34(16-19-5-4-10-29-15-19)24(35)32-21-7-3-6-20(14-21)25(26,27)28/h3-7,10,13-15,22H,8-9,11-12,16H2,1-2H3,(H,32,35). The number of hydrogen-bond donors (Lipinski definition) is 1. The molecule has 7 nitrogen and oxygen atoms in total. The first-order chi connectivity index (χ1) is 16.7. The van der Waals surface area contributed by atoms with Crippen LogP contribution in [0.4, 0.5) is 29.6 Å². The maximum atomic E-state index is 13.3. The van der Waals surface area contributed by atoms with Gasteiger partial charge in [-0.25, -0.2) is 14.8 Å². The first kappa shape index (κ1) is 24.4. The number of nitrogens with zero attached hydrogens (tertiary/aromatic N) is 5. The van der Waals surface area contributed by atoms with Crippen molar-refractivity contribution in [1.82, 2.24) is 19.9 Å². The lowest BCUT2D eigenvalue weighted by molar-refractivity contribution is -0.137. The number of halogens is 3. The highest BCUT2D eigenvalue weighted by molar-refractivity contribution is 5.89. The van der Waals surface area contributed by atoms with Crippen molar-refractivity contribution in [2.24, 2.45) is 0 Å². The highest BCUT2D eigenvalue weighted by atomic mass is 19.4. The Labute approximate surface area is 202 Å². The van der Waals surface area contributed by atoms with Crippen LogP contribution >= 0.6 is 0 Å². The van der Waals surface area contributed by atoms with Crippen LogP contribution in [-0.2, 0) is 12.7 Å². The van der Waals surface area contributed by atoms with Gasteiger partial charge < -0.3 is 15.1 Å². The molecule has 0 saturated carbocycles. The van der Waals surface area contributed by atoms with Crippen LogP contribution in [-0.4, -0.2) is 45.0 Å². The number of aryl methyl sites for hydroxylation is 2. The molecule has 2 aromatic heterocycles. The van der Waals surface area contributed by atoms with Gasteiger partial charge in [0.25, 0.3) is 0 Å². The molecule has 35 heavy (non-hydrogen) atoms. The fourth-order valence-electron chi connectivity index (χ4n) is 4.25. The molecule has 0 atom stereocenters. The Hall–Kier alpha value is -3.69. The highest BCUT2D eigenvalue weighted by Crippen LogP contribution is 2.31. The number of aromatic nitrogens is 3. The van der Waals surface area contributed by atoms with E-state index in [9.17, 15) is 18.0 Å². The van der Waals surface area contributed by atoms with Crippen LogP contribution in [0, 0.1) is 13.8 Å². The number of urea groups is 1. The van der Waals surface area contributed by atoms with Crippen molar-refractivity contribution in [2.75, 3.05) is 23.3 Å². The number of alkyl halides is 3. The third kappa shape index (κ3) is 6.26. The second kappa shape index (κ2) is 10.3. The van der Waals surface area contributed by atoms with Crippen LogP contribution in [0.5, 0.6) is 0 Å². The fraction of sp³-hybridized carbons (Fsp3) is 0.360. The summed E-state index contributed by atoms with van der Waals surface area (Å²) in [5.74, 6) is 0.674. The normalized spacial score (nSPS) is 14.6. The number of anilines is 2.